The van der Waals surface area contributed by atoms with Gasteiger partial charge in [-0.25, -0.2) is 0 Å². The van der Waals surface area contributed by atoms with Crippen molar-refractivity contribution in [3.8, 4) is 0 Å². The summed E-state index contributed by atoms with van der Waals surface area (Å²) in [5, 5.41) is 144. The zero-order valence-corrected chi connectivity index (χ0v) is 48.8. The molecular formula is C58H96O24. The summed E-state index contributed by atoms with van der Waals surface area (Å²) in [6, 6.07) is 0. The fraction of sp³-hybridized carbons (Fsp3) is 0.983. The minimum atomic E-state index is -1.89. The molecule has 30 atom stereocenters. The highest BCUT2D eigenvalue weighted by Gasteiger charge is 2.85. The number of unbranched alkanes of at least 4 members (excludes halogenated alkanes) is 2. The van der Waals surface area contributed by atoms with Crippen LogP contribution in [0.15, 0.2) is 0 Å². The average Bonchev–Trinajstić information content (AvgIpc) is 1.32. The first-order valence-corrected chi connectivity index (χ1v) is 30.3. The third-order valence-electron chi connectivity index (χ3n) is 23.3. The van der Waals surface area contributed by atoms with E-state index in [0.717, 1.165) is 38.5 Å². The van der Waals surface area contributed by atoms with Gasteiger partial charge < -0.3 is 114 Å². The van der Waals surface area contributed by atoms with Gasteiger partial charge in [0, 0.05) is 17.8 Å². The van der Waals surface area contributed by atoms with E-state index in [0.29, 0.717) is 38.5 Å². The van der Waals surface area contributed by atoms with Gasteiger partial charge >= 0.3 is 5.97 Å². The van der Waals surface area contributed by atoms with Gasteiger partial charge in [-0.2, -0.15) is 0 Å². The lowest BCUT2D eigenvalue weighted by Gasteiger charge is -2.76. The van der Waals surface area contributed by atoms with Crippen LogP contribution in [0.4, 0.5) is 0 Å². The molecule has 10 rings (SSSR count). The van der Waals surface area contributed by atoms with Crippen LogP contribution in [0, 0.1) is 50.2 Å². The maximum absolute atomic E-state index is 13.5. The Morgan fingerprint density at radius 2 is 1.20 bits per heavy atom. The summed E-state index contributed by atoms with van der Waals surface area (Å²) in [7, 11) is 0. The van der Waals surface area contributed by atoms with Crippen LogP contribution < -0.4 is 0 Å². The van der Waals surface area contributed by atoms with Gasteiger partial charge in [-0.1, -0.05) is 68.2 Å². The van der Waals surface area contributed by atoms with E-state index in [2.05, 4.69) is 55.4 Å². The third-order valence-corrected chi connectivity index (χ3v) is 23.3. The van der Waals surface area contributed by atoms with Crippen molar-refractivity contribution in [2.45, 2.75) is 280 Å². The topological polar surface area (TPSA) is 372 Å². The minimum Gasteiger partial charge on any atom is -0.461 e. The molecule has 0 aromatic carbocycles. The van der Waals surface area contributed by atoms with E-state index >= 15 is 0 Å². The molecule has 5 saturated heterocycles. The summed E-state index contributed by atoms with van der Waals surface area (Å²) >= 11 is 0. The predicted octanol–water partition coefficient (Wildman–Crippen LogP) is -0.652. The van der Waals surface area contributed by atoms with Gasteiger partial charge in [-0.3, -0.25) is 4.79 Å². The molecule has 0 amide bonds. The molecule has 10 fully saturated rings. The van der Waals surface area contributed by atoms with Crippen LogP contribution in [0.1, 0.15) is 139 Å². The number of rotatable bonds is 15. The normalized spacial score (nSPS) is 54.2. The van der Waals surface area contributed by atoms with E-state index in [1.165, 1.54) is 0 Å². The summed E-state index contributed by atoms with van der Waals surface area (Å²) in [5.74, 6) is -0.347. The molecule has 5 heterocycles. The molecular weight excluding hydrogens is 1080 g/mol. The molecule has 5 saturated carbocycles. The molecule has 2 bridgehead atoms. The molecule has 0 aromatic rings. The van der Waals surface area contributed by atoms with Crippen molar-refractivity contribution in [2.75, 3.05) is 26.4 Å². The lowest BCUT2D eigenvalue weighted by Crippen LogP contribution is -2.76. The van der Waals surface area contributed by atoms with E-state index in [4.69, 9.17) is 47.4 Å². The Balaban J connectivity index is 0.899. The molecule has 0 aromatic heterocycles. The molecule has 472 valence electrons. The third kappa shape index (κ3) is 9.90. The molecule has 5 aliphatic heterocycles. The Kier molecular flexibility index (Phi) is 18.0. The van der Waals surface area contributed by atoms with Crippen molar-refractivity contribution in [1.29, 1.82) is 0 Å². The quantitative estimate of drug-likeness (QED) is 0.0716. The number of ether oxygens (including phenoxy) is 10. The predicted molar refractivity (Wildman–Crippen MR) is 281 cm³/mol. The van der Waals surface area contributed by atoms with Crippen LogP contribution in [-0.4, -0.2) is 240 Å². The molecule has 5 aliphatic carbocycles. The zero-order chi connectivity index (χ0) is 59.6. The van der Waals surface area contributed by atoms with E-state index < -0.39 is 182 Å². The van der Waals surface area contributed by atoms with Crippen molar-refractivity contribution in [3.63, 3.8) is 0 Å². The lowest BCUT2D eigenvalue weighted by atomic mass is 9.29. The summed E-state index contributed by atoms with van der Waals surface area (Å²) in [5.41, 5.74) is -4.13. The first kappa shape index (κ1) is 63.6. The van der Waals surface area contributed by atoms with Crippen molar-refractivity contribution in [2.24, 2.45) is 50.2 Å². The van der Waals surface area contributed by atoms with Gasteiger partial charge in [0.2, 0.25) is 0 Å². The van der Waals surface area contributed by atoms with E-state index in [-0.39, 0.29) is 47.6 Å². The maximum atomic E-state index is 13.5. The summed E-state index contributed by atoms with van der Waals surface area (Å²) in [4.78, 5) is 13.5. The number of carbonyl (C=O) groups is 1. The Morgan fingerprint density at radius 1 is 0.561 bits per heavy atom. The molecule has 0 radical (unpaired) electrons. The Morgan fingerprint density at radius 3 is 1.88 bits per heavy atom. The lowest BCUT2D eigenvalue weighted by molar-refractivity contribution is -0.401. The molecule has 30 unspecified atom stereocenters. The summed E-state index contributed by atoms with van der Waals surface area (Å²) in [6.45, 7) is 15.4. The Bertz CT molecular complexity index is 2230. The number of esters is 1. The van der Waals surface area contributed by atoms with Crippen molar-refractivity contribution >= 4 is 5.97 Å². The van der Waals surface area contributed by atoms with Gasteiger partial charge in [-0.05, 0) is 97.7 Å². The van der Waals surface area contributed by atoms with Gasteiger partial charge in [-0.15, -0.1) is 0 Å². The monoisotopic (exact) mass is 1180 g/mol. The number of hydrogen-bond acceptors (Lipinski definition) is 24. The summed E-state index contributed by atoms with van der Waals surface area (Å²) in [6.07, 6.45) is -25.3. The van der Waals surface area contributed by atoms with Gasteiger partial charge in [0.25, 0.3) is 0 Å². The number of fused-ring (bicyclic) bond motifs is 4. The van der Waals surface area contributed by atoms with Gasteiger partial charge in [0.1, 0.15) is 91.6 Å². The van der Waals surface area contributed by atoms with Crippen LogP contribution in [0.5, 0.6) is 0 Å². The Hall–Kier alpha value is -1.41. The van der Waals surface area contributed by atoms with Crippen LogP contribution in [0.3, 0.4) is 0 Å². The zero-order valence-electron chi connectivity index (χ0n) is 48.8. The second kappa shape index (κ2) is 23.2. The largest absolute Gasteiger partial charge is 0.461 e. The second-order valence-corrected chi connectivity index (χ2v) is 28.2. The maximum Gasteiger partial charge on any atom is 0.306 e. The smallest absolute Gasteiger partial charge is 0.306 e. The fourth-order valence-electron chi connectivity index (χ4n) is 18.3. The van der Waals surface area contributed by atoms with Crippen molar-refractivity contribution in [1.82, 2.24) is 0 Å². The number of aliphatic hydroxyl groups is 13. The van der Waals surface area contributed by atoms with E-state index in [9.17, 15) is 71.2 Å². The molecule has 24 heteroatoms. The van der Waals surface area contributed by atoms with Crippen molar-refractivity contribution < 1.29 is 119 Å². The molecule has 24 nitrogen and oxygen atoms in total. The van der Waals surface area contributed by atoms with Gasteiger partial charge in [0.05, 0.1) is 49.7 Å². The first-order chi connectivity index (χ1) is 38.5. The van der Waals surface area contributed by atoms with E-state index in [1.54, 1.807) is 0 Å². The van der Waals surface area contributed by atoms with Crippen LogP contribution in [0.25, 0.3) is 0 Å². The first-order valence-electron chi connectivity index (χ1n) is 30.3. The Labute approximate surface area is 479 Å². The molecule has 13 N–H and O–H groups in total. The minimum absolute atomic E-state index is 0.0859. The van der Waals surface area contributed by atoms with Crippen LogP contribution in [0.2, 0.25) is 0 Å². The fourth-order valence-corrected chi connectivity index (χ4v) is 18.3. The second-order valence-electron chi connectivity index (χ2n) is 28.2. The summed E-state index contributed by atoms with van der Waals surface area (Å²) < 4.78 is 62.2. The standard InChI is InChI=1S/C58H96O24/c1-9-10-11-12-36(63)78-35-21-52(2,3)19-32-57-18-17-54(6)27-13-14-34(53(4,5)26(27)15-16-55(54,7)56(57,8)20-33(62)58(32,35)51(72)82-57)75-31-25-74-48(44(71)45(31)79-49-43(70)40(67)38(65)29(22-59)76-49)81-50-46(41(68)39(66)30(23-60)77-50)80-47-42(69)37(64)28(61)24-73-47/h26-35,37-51,59-62,64-72H,9-25H2,1-8H3. The van der Waals surface area contributed by atoms with E-state index in [1.807, 2.05) is 0 Å². The molecule has 82 heavy (non-hydrogen) atoms. The van der Waals surface area contributed by atoms with Crippen molar-refractivity contribution in [3.05, 3.63) is 0 Å². The molecule has 10 aliphatic rings. The number of carbonyl (C=O) groups excluding carboxylic acids is 1. The average molecular weight is 1180 g/mol. The highest BCUT2D eigenvalue weighted by Crippen LogP contribution is 2.82. The SMILES string of the molecule is CCCCCC(=O)OC1CC(C)(C)CC2C13C(O)CC1(C)C2(CCC2(C)C4CCC(OC5COC(OC6OC(CO)C(O)C(O)C6OC6OCC(O)C(O)C6O)C(O)C5OC5OC(CO)C(O)C(O)C5O)C(C)(C)C4CCC21C)OC3O. The van der Waals surface area contributed by atoms with Crippen LogP contribution in [-0.2, 0) is 52.2 Å². The van der Waals surface area contributed by atoms with Gasteiger partial charge in [0.15, 0.2) is 31.5 Å². The number of aliphatic hydroxyl groups excluding tert-OH is 13. The number of hydrogen-bond donors (Lipinski definition) is 13. The highest BCUT2D eigenvalue weighted by molar-refractivity contribution is 5.69. The van der Waals surface area contributed by atoms with Crippen LogP contribution >= 0.6 is 0 Å². The highest BCUT2D eigenvalue weighted by atomic mass is 16.8. The molecule has 1 spiro atoms.